The van der Waals surface area contributed by atoms with Crippen molar-refractivity contribution < 1.29 is 4.84 Å². The number of nitriles is 1. The summed E-state index contributed by atoms with van der Waals surface area (Å²) >= 11 is 0. The van der Waals surface area contributed by atoms with Crippen LogP contribution in [0.5, 0.6) is 0 Å². The van der Waals surface area contributed by atoms with Crippen molar-refractivity contribution in [3.05, 3.63) is 35.4 Å². The summed E-state index contributed by atoms with van der Waals surface area (Å²) in [6.07, 6.45) is 1.61. The summed E-state index contributed by atoms with van der Waals surface area (Å²) in [5.74, 6) is 0. The minimum atomic E-state index is 0.0560. The third-order valence-electron chi connectivity index (χ3n) is 1.54. The van der Waals surface area contributed by atoms with E-state index in [9.17, 15) is 0 Å². The summed E-state index contributed by atoms with van der Waals surface area (Å²) in [5.41, 5.74) is 1.37. The number of rotatable bonds is 3. The second kappa shape index (κ2) is 5.03. The first-order valence-corrected chi connectivity index (χ1v) is 4.42. The fraction of sp³-hybridized carbons (Fsp3) is 0.273. The predicted octanol–water partition coefficient (Wildman–Crippen LogP) is 2.32. The number of benzene rings is 1. The van der Waals surface area contributed by atoms with E-state index >= 15 is 0 Å². The van der Waals surface area contributed by atoms with Crippen LogP contribution in [0.1, 0.15) is 25.0 Å². The Morgan fingerprint density at radius 2 is 2.14 bits per heavy atom. The van der Waals surface area contributed by atoms with E-state index in [0.717, 1.165) is 5.56 Å². The molecule has 0 heterocycles. The smallest absolute Gasteiger partial charge is 0.122 e. The number of oxime groups is 1. The quantitative estimate of drug-likeness (QED) is 0.539. The molecule has 0 saturated heterocycles. The molecular weight excluding hydrogens is 176 g/mol. The average Bonchev–Trinajstić information content (AvgIpc) is 2.18. The Hall–Kier alpha value is -1.82. The molecule has 0 aliphatic heterocycles. The second-order valence-electron chi connectivity index (χ2n) is 3.09. The SMILES string of the molecule is CC(C)ON=Cc1ccccc1C#N. The highest BCUT2D eigenvalue weighted by molar-refractivity contribution is 5.82. The third-order valence-corrected chi connectivity index (χ3v) is 1.54. The van der Waals surface area contributed by atoms with Crippen molar-refractivity contribution in [2.24, 2.45) is 5.16 Å². The molecule has 0 spiro atoms. The summed E-state index contributed by atoms with van der Waals surface area (Å²) < 4.78 is 0. The van der Waals surface area contributed by atoms with Gasteiger partial charge in [0.05, 0.1) is 17.8 Å². The van der Waals surface area contributed by atoms with Gasteiger partial charge in [0.1, 0.15) is 6.10 Å². The first-order chi connectivity index (χ1) is 6.74. The van der Waals surface area contributed by atoms with Gasteiger partial charge in [0.25, 0.3) is 0 Å². The molecule has 0 fully saturated rings. The molecule has 0 bridgehead atoms. The third kappa shape index (κ3) is 2.91. The van der Waals surface area contributed by atoms with E-state index < -0.39 is 0 Å². The van der Waals surface area contributed by atoms with Gasteiger partial charge in [-0.1, -0.05) is 23.4 Å². The molecule has 0 amide bonds. The van der Waals surface area contributed by atoms with Crippen molar-refractivity contribution in [1.29, 1.82) is 5.26 Å². The molecule has 0 aromatic heterocycles. The molecule has 0 saturated carbocycles. The van der Waals surface area contributed by atoms with Crippen LogP contribution in [0.15, 0.2) is 29.4 Å². The first kappa shape index (κ1) is 10.3. The molecule has 1 aromatic rings. The van der Waals surface area contributed by atoms with E-state index in [-0.39, 0.29) is 6.10 Å². The Bertz CT molecular complexity index is 364. The second-order valence-corrected chi connectivity index (χ2v) is 3.09. The maximum Gasteiger partial charge on any atom is 0.122 e. The van der Waals surface area contributed by atoms with Gasteiger partial charge in [-0.05, 0) is 19.9 Å². The largest absolute Gasteiger partial charge is 0.393 e. The van der Waals surface area contributed by atoms with Crippen molar-refractivity contribution in [1.82, 2.24) is 0 Å². The molecule has 1 aromatic carbocycles. The van der Waals surface area contributed by atoms with Crippen molar-refractivity contribution in [3.8, 4) is 6.07 Å². The molecule has 0 radical (unpaired) electrons. The topological polar surface area (TPSA) is 45.4 Å². The molecule has 0 unspecified atom stereocenters. The van der Waals surface area contributed by atoms with Crippen molar-refractivity contribution in [2.75, 3.05) is 0 Å². The lowest BCUT2D eigenvalue weighted by Gasteiger charge is -2.00. The van der Waals surface area contributed by atoms with Crippen LogP contribution in [0, 0.1) is 11.3 Å². The Kier molecular flexibility index (Phi) is 3.69. The Morgan fingerprint density at radius 1 is 1.43 bits per heavy atom. The van der Waals surface area contributed by atoms with Gasteiger partial charge in [0, 0.05) is 5.56 Å². The first-order valence-electron chi connectivity index (χ1n) is 4.42. The standard InChI is InChI=1S/C11H12N2O/c1-9(2)14-13-8-11-6-4-3-5-10(11)7-12/h3-6,8-9H,1-2H3. The van der Waals surface area contributed by atoms with Gasteiger partial charge in [0.15, 0.2) is 0 Å². The van der Waals surface area contributed by atoms with Crippen LogP contribution in [0.25, 0.3) is 0 Å². The minimum absolute atomic E-state index is 0.0560. The van der Waals surface area contributed by atoms with Crippen LogP contribution in [-0.4, -0.2) is 12.3 Å². The van der Waals surface area contributed by atoms with E-state index in [1.54, 1.807) is 12.3 Å². The normalized spacial score (nSPS) is 10.4. The van der Waals surface area contributed by atoms with Crippen LogP contribution in [0.4, 0.5) is 0 Å². The van der Waals surface area contributed by atoms with Gasteiger partial charge in [-0.2, -0.15) is 5.26 Å². The lowest BCUT2D eigenvalue weighted by Crippen LogP contribution is -1.96. The number of hydrogen-bond donors (Lipinski definition) is 0. The molecular formula is C11H12N2O. The maximum atomic E-state index is 8.77. The lowest BCUT2D eigenvalue weighted by molar-refractivity contribution is 0.0873. The molecule has 3 heteroatoms. The summed E-state index contributed by atoms with van der Waals surface area (Å²) in [5, 5.41) is 12.5. The Balaban J connectivity index is 2.76. The van der Waals surface area contributed by atoms with Gasteiger partial charge in [-0.15, -0.1) is 0 Å². The maximum absolute atomic E-state index is 8.77. The van der Waals surface area contributed by atoms with Gasteiger partial charge in [-0.25, -0.2) is 0 Å². The molecule has 14 heavy (non-hydrogen) atoms. The minimum Gasteiger partial charge on any atom is -0.393 e. The number of hydrogen-bond acceptors (Lipinski definition) is 3. The van der Waals surface area contributed by atoms with E-state index in [4.69, 9.17) is 10.1 Å². The highest BCUT2D eigenvalue weighted by Gasteiger charge is 1.96. The monoisotopic (exact) mass is 188 g/mol. The Morgan fingerprint density at radius 3 is 2.79 bits per heavy atom. The zero-order valence-electron chi connectivity index (χ0n) is 8.27. The van der Waals surface area contributed by atoms with E-state index in [0.29, 0.717) is 5.56 Å². The van der Waals surface area contributed by atoms with Gasteiger partial charge >= 0.3 is 0 Å². The van der Waals surface area contributed by atoms with Crippen molar-refractivity contribution >= 4 is 6.21 Å². The number of nitrogens with zero attached hydrogens (tertiary/aromatic N) is 2. The van der Waals surface area contributed by atoms with E-state index in [2.05, 4.69) is 11.2 Å². The molecule has 0 atom stereocenters. The van der Waals surface area contributed by atoms with E-state index in [1.165, 1.54) is 0 Å². The highest BCUT2D eigenvalue weighted by Crippen LogP contribution is 2.04. The molecule has 1 rings (SSSR count). The summed E-state index contributed by atoms with van der Waals surface area (Å²) in [4.78, 5) is 5.01. The lowest BCUT2D eigenvalue weighted by atomic mass is 10.1. The van der Waals surface area contributed by atoms with Crippen LogP contribution < -0.4 is 0 Å². The van der Waals surface area contributed by atoms with Crippen LogP contribution in [0.2, 0.25) is 0 Å². The van der Waals surface area contributed by atoms with Gasteiger partial charge in [-0.3, -0.25) is 0 Å². The molecule has 3 nitrogen and oxygen atoms in total. The summed E-state index contributed by atoms with van der Waals surface area (Å²) in [7, 11) is 0. The Labute approximate surface area is 83.6 Å². The predicted molar refractivity (Wildman–Crippen MR) is 55.0 cm³/mol. The zero-order chi connectivity index (χ0) is 10.4. The fourth-order valence-electron chi connectivity index (χ4n) is 0.920. The zero-order valence-corrected chi connectivity index (χ0v) is 8.27. The molecule has 0 aliphatic rings. The highest BCUT2D eigenvalue weighted by atomic mass is 16.6. The van der Waals surface area contributed by atoms with Crippen LogP contribution >= 0.6 is 0 Å². The van der Waals surface area contributed by atoms with E-state index in [1.807, 2.05) is 32.0 Å². The molecule has 0 N–H and O–H groups in total. The fourth-order valence-corrected chi connectivity index (χ4v) is 0.920. The molecule has 0 aliphatic carbocycles. The molecule has 72 valence electrons. The average molecular weight is 188 g/mol. The van der Waals surface area contributed by atoms with Gasteiger partial charge < -0.3 is 4.84 Å². The van der Waals surface area contributed by atoms with Gasteiger partial charge in [0.2, 0.25) is 0 Å². The van der Waals surface area contributed by atoms with Crippen molar-refractivity contribution in [2.45, 2.75) is 20.0 Å². The summed E-state index contributed by atoms with van der Waals surface area (Å²) in [6.45, 7) is 3.79. The van der Waals surface area contributed by atoms with Crippen LogP contribution in [0.3, 0.4) is 0 Å². The summed E-state index contributed by atoms with van der Waals surface area (Å²) in [6, 6.07) is 9.34. The van der Waals surface area contributed by atoms with Crippen molar-refractivity contribution in [3.63, 3.8) is 0 Å². The van der Waals surface area contributed by atoms with Crippen LogP contribution in [-0.2, 0) is 4.84 Å².